The predicted molar refractivity (Wildman–Crippen MR) is 107 cm³/mol. The average Bonchev–Trinajstić information content (AvgIpc) is 2.60. The summed E-state index contributed by atoms with van der Waals surface area (Å²) in [7, 11) is 0. The molecule has 5 heteroatoms. The Kier molecular flexibility index (Phi) is 5.95. The number of aliphatic hydroxyl groups is 1. The summed E-state index contributed by atoms with van der Waals surface area (Å²) in [6.45, 7) is 5.47. The number of amides is 1. The van der Waals surface area contributed by atoms with Crippen molar-refractivity contribution in [3.8, 4) is 0 Å². The zero-order chi connectivity index (χ0) is 19.6. The topological polar surface area (TPSA) is 57.6 Å². The van der Waals surface area contributed by atoms with Gasteiger partial charge < -0.3 is 10.0 Å². The van der Waals surface area contributed by atoms with E-state index in [0.29, 0.717) is 23.4 Å². The lowest BCUT2D eigenvalue weighted by atomic mass is 9.72. The quantitative estimate of drug-likeness (QED) is 0.785. The molecule has 1 aliphatic heterocycles. The lowest BCUT2D eigenvalue weighted by Crippen LogP contribution is -2.37. The zero-order valence-corrected chi connectivity index (χ0v) is 16.9. The van der Waals surface area contributed by atoms with E-state index in [1.165, 1.54) is 0 Å². The van der Waals surface area contributed by atoms with Crippen LogP contribution in [0.1, 0.15) is 63.9 Å². The van der Waals surface area contributed by atoms with E-state index in [-0.39, 0.29) is 29.3 Å². The van der Waals surface area contributed by atoms with Crippen molar-refractivity contribution in [2.45, 2.75) is 58.3 Å². The molecule has 27 heavy (non-hydrogen) atoms. The molecule has 1 N–H and O–H groups in total. The van der Waals surface area contributed by atoms with Gasteiger partial charge in [0.1, 0.15) is 5.76 Å². The summed E-state index contributed by atoms with van der Waals surface area (Å²) in [5, 5.41) is 11.2. The van der Waals surface area contributed by atoms with E-state index in [4.69, 9.17) is 11.6 Å². The molecule has 1 aromatic rings. The molecule has 0 bridgehead atoms. The second kappa shape index (κ2) is 8.05. The maximum absolute atomic E-state index is 12.9. The van der Waals surface area contributed by atoms with Gasteiger partial charge in [-0.2, -0.15) is 0 Å². The van der Waals surface area contributed by atoms with E-state index in [9.17, 15) is 14.7 Å². The van der Waals surface area contributed by atoms with Crippen LogP contribution in [0.3, 0.4) is 0 Å². The Morgan fingerprint density at radius 3 is 2.48 bits per heavy atom. The number of rotatable bonds is 4. The van der Waals surface area contributed by atoms with Crippen molar-refractivity contribution in [2.75, 3.05) is 13.1 Å². The van der Waals surface area contributed by atoms with E-state index >= 15 is 0 Å². The second-order valence-electron chi connectivity index (χ2n) is 8.52. The Labute approximate surface area is 166 Å². The normalized spacial score (nSPS) is 21.3. The summed E-state index contributed by atoms with van der Waals surface area (Å²) in [4.78, 5) is 27.7. The minimum atomic E-state index is -0.503. The van der Waals surface area contributed by atoms with Gasteiger partial charge in [-0.3, -0.25) is 9.59 Å². The zero-order valence-electron chi connectivity index (χ0n) is 16.1. The SMILES string of the molecule is CC1(C)CC(=O)C(C(CC(=O)N2CCCCC2)c2ccccc2Cl)=C(O)C1. The fourth-order valence-corrected chi connectivity index (χ4v) is 4.54. The van der Waals surface area contributed by atoms with Gasteiger partial charge in [0.2, 0.25) is 5.91 Å². The number of carbonyl (C=O) groups is 2. The maximum Gasteiger partial charge on any atom is 0.223 e. The number of allylic oxidation sites excluding steroid dienone is 2. The third-order valence-corrected chi connectivity index (χ3v) is 5.96. The Bertz CT molecular complexity index is 763. The fourth-order valence-electron chi connectivity index (χ4n) is 4.27. The molecular formula is C22H28ClNO3. The summed E-state index contributed by atoms with van der Waals surface area (Å²) in [5.74, 6) is -0.456. The average molecular weight is 390 g/mol. The van der Waals surface area contributed by atoms with E-state index in [1.807, 2.05) is 36.9 Å². The van der Waals surface area contributed by atoms with Crippen LogP contribution in [-0.4, -0.2) is 34.8 Å². The highest BCUT2D eigenvalue weighted by Crippen LogP contribution is 2.43. The summed E-state index contributed by atoms with van der Waals surface area (Å²) in [6.07, 6.45) is 4.15. The minimum absolute atomic E-state index is 0.0255. The van der Waals surface area contributed by atoms with Crippen LogP contribution in [0.4, 0.5) is 0 Å². The number of Topliss-reactive ketones (excluding diaryl/α,β-unsaturated/α-hetero) is 1. The van der Waals surface area contributed by atoms with E-state index in [0.717, 1.165) is 37.9 Å². The van der Waals surface area contributed by atoms with Crippen LogP contribution in [0, 0.1) is 5.41 Å². The van der Waals surface area contributed by atoms with Crippen molar-refractivity contribution in [3.05, 3.63) is 46.2 Å². The van der Waals surface area contributed by atoms with Crippen molar-refractivity contribution in [2.24, 2.45) is 5.41 Å². The molecule has 4 nitrogen and oxygen atoms in total. The molecular weight excluding hydrogens is 362 g/mol. The molecule has 0 saturated carbocycles. The van der Waals surface area contributed by atoms with Gasteiger partial charge >= 0.3 is 0 Å². The number of aliphatic hydroxyl groups excluding tert-OH is 1. The second-order valence-corrected chi connectivity index (χ2v) is 8.93. The third kappa shape index (κ3) is 4.55. The third-order valence-electron chi connectivity index (χ3n) is 5.61. The minimum Gasteiger partial charge on any atom is -0.512 e. The summed E-state index contributed by atoms with van der Waals surface area (Å²) >= 11 is 6.42. The Morgan fingerprint density at radius 2 is 1.85 bits per heavy atom. The number of hydrogen-bond donors (Lipinski definition) is 1. The molecule has 1 amide bonds. The molecule has 146 valence electrons. The first-order chi connectivity index (χ1) is 12.8. The van der Waals surface area contributed by atoms with Crippen LogP contribution in [-0.2, 0) is 9.59 Å². The van der Waals surface area contributed by atoms with Crippen LogP contribution in [0.5, 0.6) is 0 Å². The highest BCUT2D eigenvalue weighted by molar-refractivity contribution is 6.31. The van der Waals surface area contributed by atoms with Gasteiger partial charge in [-0.1, -0.05) is 43.6 Å². The van der Waals surface area contributed by atoms with Gasteiger partial charge in [0.25, 0.3) is 0 Å². The fraction of sp³-hybridized carbons (Fsp3) is 0.545. The van der Waals surface area contributed by atoms with Crippen LogP contribution in [0.2, 0.25) is 5.02 Å². The van der Waals surface area contributed by atoms with Gasteiger partial charge in [0.05, 0.1) is 0 Å². The van der Waals surface area contributed by atoms with E-state index < -0.39 is 5.92 Å². The van der Waals surface area contributed by atoms with Gasteiger partial charge in [0, 0.05) is 48.9 Å². The van der Waals surface area contributed by atoms with Gasteiger partial charge in [-0.15, -0.1) is 0 Å². The smallest absolute Gasteiger partial charge is 0.223 e. The maximum atomic E-state index is 12.9. The number of ketones is 1. The van der Waals surface area contributed by atoms with Crippen LogP contribution < -0.4 is 0 Å². The molecule has 0 radical (unpaired) electrons. The number of piperidine rings is 1. The lowest BCUT2D eigenvalue weighted by molar-refractivity contribution is -0.132. The van der Waals surface area contributed by atoms with Crippen molar-refractivity contribution < 1.29 is 14.7 Å². The molecule has 0 spiro atoms. The molecule has 1 atom stereocenters. The van der Waals surface area contributed by atoms with E-state index in [2.05, 4.69) is 0 Å². The summed E-state index contributed by atoms with van der Waals surface area (Å²) < 4.78 is 0. The first kappa shape index (κ1) is 19.9. The number of halogens is 1. The lowest BCUT2D eigenvalue weighted by Gasteiger charge is -2.34. The van der Waals surface area contributed by atoms with Crippen LogP contribution >= 0.6 is 11.6 Å². The Hall–Kier alpha value is -1.81. The number of hydrogen-bond acceptors (Lipinski definition) is 3. The molecule has 1 saturated heterocycles. The van der Waals surface area contributed by atoms with E-state index in [1.54, 1.807) is 6.07 Å². The van der Waals surface area contributed by atoms with Crippen LogP contribution in [0.25, 0.3) is 0 Å². The predicted octanol–water partition coefficient (Wildman–Crippen LogP) is 5.03. The molecule has 1 heterocycles. The number of benzene rings is 1. The monoisotopic (exact) mass is 389 g/mol. The first-order valence-corrected chi connectivity index (χ1v) is 10.1. The van der Waals surface area contributed by atoms with Crippen molar-refractivity contribution in [3.63, 3.8) is 0 Å². The van der Waals surface area contributed by atoms with Crippen LogP contribution in [0.15, 0.2) is 35.6 Å². The number of carbonyl (C=O) groups excluding carboxylic acids is 2. The molecule has 1 aromatic carbocycles. The van der Waals surface area contributed by atoms with Crippen molar-refractivity contribution in [1.82, 2.24) is 4.90 Å². The Balaban J connectivity index is 1.97. The molecule has 1 unspecified atom stereocenters. The Morgan fingerprint density at radius 1 is 1.19 bits per heavy atom. The summed E-state index contributed by atoms with van der Waals surface area (Å²) in [6, 6.07) is 7.30. The van der Waals surface area contributed by atoms with Crippen molar-refractivity contribution >= 4 is 23.3 Å². The molecule has 0 aromatic heterocycles. The highest BCUT2D eigenvalue weighted by atomic mass is 35.5. The summed E-state index contributed by atoms with van der Waals surface area (Å²) in [5.41, 5.74) is 0.832. The van der Waals surface area contributed by atoms with Gasteiger partial charge in [-0.25, -0.2) is 0 Å². The van der Waals surface area contributed by atoms with Gasteiger partial charge in [0.15, 0.2) is 5.78 Å². The number of nitrogens with zero attached hydrogens (tertiary/aromatic N) is 1. The molecule has 1 fully saturated rings. The van der Waals surface area contributed by atoms with Gasteiger partial charge in [-0.05, 0) is 36.3 Å². The van der Waals surface area contributed by atoms with Crippen molar-refractivity contribution in [1.29, 1.82) is 0 Å². The first-order valence-electron chi connectivity index (χ1n) is 9.76. The molecule has 1 aliphatic carbocycles. The molecule has 3 rings (SSSR count). The largest absolute Gasteiger partial charge is 0.512 e. The highest BCUT2D eigenvalue weighted by Gasteiger charge is 2.38. The number of likely N-dealkylation sites (tertiary alicyclic amines) is 1. The molecule has 2 aliphatic rings. The standard InChI is InChI=1S/C22H28ClNO3/c1-22(2)13-18(25)21(19(26)14-22)16(15-8-4-5-9-17(15)23)12-20(27)24-10-6-3-7-11-24/h4-5,8-9,16,25H,3,6-7,10-14H2,1-2H3.